The molecule has 29 heavy (non-hydrogen) atoms. The summed E-state index contributed by atoms with van der Waals surface area (Å²) >= 11 is 0. The molecular formula is C20H28N4O4S. The number of amides is 2. The topological polar surface area (TPSA) is 108 Å². The van der Waals surface area contributed by atoms with Gasteiger partial charge in [-0.05, 0) is 31.4 Å². The lowest BCUT2D eigenvalue weighted by atomic mass is 10.1. The monoisotopic (exact) mass is 420 g/mol. The van der Waals surface area contributed by atoms with Gasteiger partial charge in [0.2, 0.25) is 11.8 Å². The lowest BCUT2D eigenvalue weighted by Crippen LogP contribution is -2.37. The number of unbranched alkanes of at least 4 members (excludes halogenated alkanes) is 1. The van der Waals surface area contributed by atoms with Gasteiger partial charge in [0, 0.05) is 31.6 Å². The predicted octanol–water partition coefficient (Wildman–Crippen LogP) is 1.41. The molecule has 0 radical (unpaired) electrons. The van der Waals surface area contributed by atoms with Gasteiger partial charge in [-0.15, -0.1) is 0 Å². The number of nitrogens with zero attached hydrogens (tertiary/aromatic N) is 2. The van der Waals surface area contributed by atoms with Crippen LogP contribution in [-0.4, -0.2) is 56.6 Å². The van der Waals surface area contributed by atoms with Crippen LogP contribution < -0.4 is 10.0 Å². The van der Waals surface area contributed by atoms with Gasteiger partial charge < -0.3 is 10.2 Å². The Bertz CT molecular complexity index is 897. The summed E-state index contributed by atoms with van der Waals surface area (Å²) in [7, 11) is -3.63. The molecule has 0 aromatic heterocycles. The van der Waals surface area contributed by atoms with Crippen LogP contribution in [-0.2, 0) is 19.6 Å². The number of hydrogen-bond donors (Lipinski definition) is 2. The van der Waals surface area contributed by atoms with Gasteiger partial charge >= 0.3 is 0 Å². The van der Waals surface area contributed by atoms with Crippen molar-refractivity contribution in [2.24, 2.45) is 4.99 Å². The minimum Gasteiger partial charge on any atom is -0.354 e. The van der Waals surface area contributed by atoms with Gasteiger partial charge in [-0.2, -0.15) is 0 Å². The van der Waals surface area contributed by atoms with Gasteiger partial charge in [0.25, 0.3) is 10.0 Å². The molecule has 2 aliphatic heterocycles. The van der Waals surface area contributed by atoms with Crippen molar-refractivity contribution in [2.75, 3.05) is 19.6 Å². The van der Waals surface area contributed by atoms with Crippen molar-refractivity contribution in [1.29, 1.82) is 0 Å². The number of rotatable bonds is 9. The first-order chi connectivity index (χ1) is 13.9. The van der Waals surface area contributed by atoms with Gasteiger partial charge in [0.15, 0.2) is 0 Å². The number of hydrogen-bond acceptors (Lipinski definition) is 5. The number of carbonyl (C=O) groups excluding carboxylic acids is 2. The molecule has 3 rings (SSSR count). The van der Waals surface area contributed by atoms with Crippen molar-refractivity contribution < 1.29 is 18.0 Å². The third kappa shape index (κ3) is 5.14. The van der Waals surface area contributed by atoms with E-state index in [0.29, 0.717) is 37.9 Å². The smallest absolute Gasteiger partial charge is 0.263 e. The second kappa shape index (κ2) is 9.39. The van der Waals surface area contributed by atoms with Gasteiger partial charge in [0.05, 0.1) is 4.90 Å². The first-order valence-corrected chi connectivity index (χ1v) is 11.7. The lowest BCUT2D eigenvalue weighted by molar-refractivity contribution is -0.127. The van der Waals surface area contributed by atoms with E-state index in [1.807, 2.05) is 11.8 Å². The summed E-state index contributed by atoms with van der Waals surface area (Å²) in [5, 5.41) is 2.89. The molecular weight excluding hydrogens is 392 g/mol. The molecule has 158 valence electrons. The van der Waals surface area contributed by atoms with Crippen LogP contribution in [0, 0.1) is 0 Å². The van der Waals surface area contributed by atoms with E-state index in [9.17, 15) is 18.0 Å². The van der Waals surface area contributed by atoms with E-state index in [0.717, 1.165) is 25.8 Å². The van der Waals surface area contributed by atoms with E-state index in [2.05, 4.69) is 15.0 Å². The highest BCUT2D eigenvalue weighted by Crippen LogP contribution is 2.23. The first kappa shape index (κ1) is 21.3. The average Bonchev–Trinajstić information content (AvgIpc) is 3.22. The highest BCUT2D eigenvalue weighted by Gasteiger charge is 2.31. The third-order valence-corrected chi connectivity index (χ3v) is 6.55. The number of nitrogens with one attached hydrogen (secondary N) is 2. The van der Waals surface area contributed by atoms with Crippen LogP contribution in [0.25, 0.3) is 0 Å². The zero-order valence-corrected chi connectivity index (χ0v) is 17.5. The van der Waals surface area contributed by atoms with Gasteiger partial charge in [0.1, 0.15) is 11.9 Å². The van der Waals surface area contributed by atoms with Crippen molar-refractivity contribution in [3.05, 3.63) is 29.8 Å². The van der Waals surface area contributed by atoms with Crippen molar-refractivity contribution in [1.82, 2.24) is 14.9 Å². The quantitative estimate of drug-likeness (QED) is 0.589. The number of sulfonamides is 1. The molecule has 1 aromatic carbocycles. The fourth-order valence-corrected chi connectivity index (χ4v) is 4.82. The largest absolute Gasteiger partial charge is 0.354 e. The Kier molecular flexibility index (Phi) is 6.89. The number of amidine groups is 1. The summed E-state index contributed by atoms with van der Waals surface area (Å²) in [5.74, 6) is 0.178. The number of benzene rings is 1. The first-order valence-electron chi connectivity index (χ1n) is 10.2. The summed E-state index contributed by atoms with van der Waals surface area (Å²) < 4.78 is 27.0. The highest BCUT2D eigenvalue weighted by molar-refractivity contribution is 7.90. The fraction of sp³-hybridized carbons (Fsp3) is 0.550. The Morgan fingerprint density at radius 2 is 2.10 bits per heavy atom. The second-order valence-corrected chi connectivity index (χ2v) is 9.02. The molecule has 0 spiro atoms. The SMILES string of the molecule is CCCCC(N=C1NS(=O)(=O)c2ccccc21)C(=O)NCCCN1CCCC1=O. The molecule has 2 aliphatic rings. The standard InChI is InChI=1S/C20H28N4O4S/c1-2-3-9-16(20(26)21-12-7-14-24-13-6-11-18(24)25)22-19-15-8-4-5-10-17(15)29(27,28)23-19/h4-5,8,10,16H,2-3,6-7,9,11-14H2,1H3,(H,21,26)(H,22,23). The van der Waals surface area contributed by atoms with E-state index in [1.165, 1.54) is 6.07 Å². The zero-order chi connectivity index (χ0) is 20.9. The summed E-state index contributed by atoms with van der Waals surface area (Å²) in [5.41, 5.74) is 0.495. The predicted molar refractivity (Wildman–Crippen MR) is 110 cm³/mol. The molecule has 9 heteroatoms. The molecule has 0 aliphatic carbocycles. The summed E-state index contributed by atoms with van der Waals surface area (Å²) in [6, 6.07) is 5.96. The fourth-order valence-electron chi connectivity index (χ4n) is 3.58. The summed E-state index contributed by atoms with van der Waals surface area (Å²) in [6.07, 6.45) is 4.46. The molecule has 0 saturated carbocycles. The minimum atomic E-state index is -3.63. The molecule has 1 atom stereocenters. The van der Waals surface area contributed by atoms with Crippen LogP contribution in [0.3, 0.4) is 0 Å². The average molecular weight is 421 g/mol. The molecule has 1 saturated heterocycles. The Hall–Kier alpha value is -2.42. The Labute approximate surface area is 171 Å². The van der Waals surface area contributed by atoms with Crippen LogP contribution >= 0.6 is 0 Å². The van der Waals surface area contributed by atoms with Crippen LogP contribution in [0.2, 0.25) is 0 Å². The molecule has 1 fully saturated rings. The van der Waals surface area contributed by atoms with Crippen molar-refractivity contribution in [3.8, 4) is 0 Å². The summed E-state index contributed by atoms with van der Waals surface area (Å²) in [6.45, 7) is 3.92. The zero-order valence-electron chi connectivity index (χ0n) is 16.7. The molecule has 2 N–H and O–H groups in total. The van der Waals surface area contributed by atoms with Crippen molar-refractivity contribution in [2.45, 2.75) is 56.4 Å². The number of likely N-dealkylation sites (tertiary alicyclic amines) is 1. The Morgan fingerprint density at radius 1 is 1.31 bits per heavy atom. The van der Waals surface area contributed by atoms with Gasteiger partial charge in [-0.1, -0.05) is 31.9 Å². The minimum absolute atomic E-state index is 0.177. The number of fused-ring (bicyclic) bond motifs is 1. The molecule has 2 amide bonds. The van der Waals surface area contributed by atoms with Gasteiger partial charge in [-0.3, -0.25) is 19.3 Å². The van der Waals surface area contributed by atoms with Crippen LogP contribution in [0.1, 0.15) is 51.0 Å². The molecule has 1 aromatic rings. The van der Waals surface area contributed by atoms with Crippen LogP contribution in [0.4, 0.5) is 0 Å². The van der Waals surface area contributed by atoms with Crippen LogP contribution in [0.15, 0.2) is 34.2 Å². The molecule has 0 bridgehead atoms. The highest BCUT2D eigenvalue weighted by atomic mass is 32.2. The van der Waals surface area contributed by atoms with Gasteiger partial charge in [-0.25, -0.2) is 8.42 Å². The van der Waals surface area contributed by atoms with Crippen LogP contribution in [0.5, 0.6) is 0 Å². The molecule has 1 unspecified atom stereocenters. The Morgan fingerprint density at radius 3 is 2.83 bits per heavy atom. The van der Waals surface area contributed by atoms with E-state index in [-0.39, 0.29) is 22.5 Å². The molecule has 2 heterocycles. The maximum atomic E-state index is 12.7. The number of carbonyl (C=O) groups is 2. The Balaban J connectivity index is 1.64. The van der Waals surface area contributed by atoms with Crippen molar-refractivity contribution >= 4 is 27.7 Å². The molecule has 8 nitrogen and oxygen atoms in total. The normalized spacial score (nSPS) is 19.8. The van der Waals surface area contributed by atoms with E-state index >= 15 is 0 Å². The number of aliphatic imine (C=N–C) groups is 1. The van der Waals surface area contributed by atoms with E-state index in [1.54, 1.807) is 18.2 Å². The maximum Gasteiger partial charge on any atom is 0.263 e. The van der Waals surface area contributed by atoms with E-state index in [4.69, 9.17) is 0 Å². The second-order valence-electron chi connectivity index (χ2n) is 7.37. The maximum absolute atomic E-state index is 12.7. The third-order valence-electron chi connectivity index (χ3n) is 5.16. The van der Waals surface area contributed by atoms with Crippen molar-refractivity contribution in [3.63, 3.8) is 0 Å². The lowest BCUT2D eigenvalue weighted by Gasteiger charge is -2.17. The summed E-state index contributed by atoms with van der Waals surface area (Å²) in [4.78, 5) is 30.8. The van der Waals surface area contributed by atoms with E-state index < -0.39 is 16.1 Å².